The predicted molar refractivity (Wildman–Crippen MR) is 69.0 cm³/mol. The minimum Gasteiger partial charge on any atom is -0.481 e. The molecule has 0 saturated heterocycles. The second kappa shape index (κ2) is 6.98. The number of carboxylic acids is 1. The molecule has 0 aliphatic heterocycles. The molecule has 20 heavy (non-hydrogen) atoms. The molecular weight excluding hydrogens is 268 g/mol. The summed E-state index contributed by atoms with van der Waals surface area (Å²) in [6.07, 6.45) is 0.272. The lowest BCUT2D eigenvalue weighted by molar-refractivity contribution is -0.146. The van der Waals surface area contributed by atoms with Crippen LogP contribution in [0.1, 0.15) is 19.4 Å². The van der Waals surface area contributed by atoms with Gasteiger partial charge in [-0.1, -0.05) is 13.8 Å². The lowest BCUT2D eigenvalue weighted by atomic mass is 9.95. The van der Waals surface area contributed by atoms with E-state index in [9.17, 15) is 18.4 Å². The van der Waals surface area contributed by atoms with Crippen LogP contribution in [-0.4, -0.2) is 23.5 Å². The van der Waals surface area contributed by atoms with Gasteiger partial charge < -0.3 is 10.4 Å². The number of amides is 1. The Labute approximate surface area is 115 Å². The Kier molecular flexibility index (Phi) is 5.61. The summed E-state index contributed by atoms with van der Waals surface area (Å²) >= 11 is 0. The smallest absolute Gasteiger partial charge is 0.307 e. The highest BCUT2D eigenvalue weighted by molar-refractivity contribution is 5.84. The molecule has 6 heteroatoms. The number of hydrogen-bond acceptors (Lipinski definition) is 2. The first-order valence-electron chi connectivity index (χ1n) is 6.26. The summed E-state index contributed by atoms with van der Waals surface area (Å²) in [6.45, 7) is 3.17. The van der Waals surface area contributed by atoms with Crippen LogP contribution in [0.4, 0.5) is 8.78 Å². The van der Waals surface area contributed by atoms with Crippen molar-refractivity contribution < 1.29 is 23.5 Å². The molecule has 0 heterocycles. The van der Waals surface area contributed by atoms with Crippen molar-refractivity contribution in [2.45, 2.75) is 20.3 Å². The fourth-order valence-electron chi connectivity index (χ4n) is 1.69. The topological polar surface area (TPSA) is 66.4 Å². The molecule has 0 aromatic heterocycles. The van der Waals surface area contributed by atoms with Gasteiger partial charge in [-0.05, 0) is 24.1 Å². The zero-order valence-electron chi connectivity index (χ0n) is 11.3. The van der Waals surface area contributed by atoms with Crippen LogP contribution >= 0.6 is 0 Å². The van der Waals surface area contributed by atoms with Gasteiger partial charge in [0, 0.05) is 18.5 Å². The molecular formula is C14H17F2NO3. The fraction of sp³-hybridized carbons (Fsp3) is 0.429. The third-order valence-electron chi connectivity index (χ3n) is 3.19. The molecule has 0 aliphatic rings. The van der Waals surface area contributed by atoms with Gasteiger partial charge in [0.05, 0.1) is 5.92 Å². The molecule has 4 nitrogen and oxygen atoms in total. The largest absolute Gasteiger partial charge is 0.481 e. The lowest BCUT2D eigenvalue weighted by Gasteiger charge is -2.15. The normalized spacial score (nSPS) is 13.6. The van der Waals surface area contributed by atoms with E-state index in [1.165, 1.54) is 26.0 Å². The zero-order chi connectivity index (χ0) is 15.3. The molecule has 0 spiro atoms. The van der Waals surface area contributed by atoms with Crippen molar-refractivity contribution >= 4 is 11.9 Å². The van der Waals surface area contributed by atoms with Crippen molar-refractivity contribution in [2.75, 3.05) is 6.54 Å². The first kappa shape index (κ1) is 16.1. The van der Waals surface area contributed by atoms with Gasteiger partial charge in [-0.2, -0.15) is 0 Å². The van der Waals surface area contributed by atoms with Crippen molar-refractivity contribution in [1.82, 2.24) is 5.32 Å². The number of nitrogens with one attached hydrogen (secondary N) is 1. The third kappa shape index (κ3) is 4.60. The third-order valence-corrected chi connectivity index (χ3v) is 3.19. The monoisotopic (exact) mass is 285 g/mol. The van der Waals surface area contributed by atoms with E-state index in [-0.39, 0.29) is 13.0 Å². The SMILES string of the molecule is CC(C(=O)O)C(C)C(=O)NCCc1cc(F)cc(F)c1. The molecule has 1 aromatic carbocycles. The summed E-state index contributed by atoms with van der Waals surface area (Å²) in [5.41, 5.74) is 0.432. The second-order valence-corrected chi connectivity index (χ2v) is 4.73. The van der Waals surface area contributed by atoms with Gasteiger partial charge in [0.15, 0.2) is 0 Å². The van der Waals surface area contributed by atoms with E-state index in [1.54, 1.807) is 0 Å². The molecule has 2 unspecified atom stereocenters. The molecule has 2 N–H and O–H groups in total. The van der Waals surface area contributed by atoms with E-state index in [2.05, 4.69) is 5.32 Å². The Morgan fingerprint density at radius 1 is 1.15 bits per heavy atom. The molecule has 110 valence electrons. The second-order valence-electron chi connectivity index (χ2n) is 4.73. The van der Waals surface area contributed by atoms with Gasteiger partial charge in [0.25, 0.3) is 0 Å². The molecule has 0 fully saturated rings. The number of hydrogen-bond donors (Lipinski definition) is 2. The molecule has 1 amide bonds. The van der Waals surface area contributed by atoms with E-state index < -0.39 is 35.3 Å². The number of aliphatic carboxylic acids is 1. The van der Waals surface area contributed by atoms with Crippen LogP contribution in [-0.2, 0) is 16.0 Å². The summed E-state index contributed by atoms with van der Waals surface area (Å²) < 4.78 is 25.9. The van der Waals surface area contributed by atoms with Crippen LogP contribution in [0.3, 0.4) is 0 Å². The van der Waals surface area contributed by atoms with Gasteiger partial charge >= 0.3 is 5.97 Å². The predicted octanol–water partition coefficient (Wildman–Crippen LogP) is 1.98. The minimum absolute atomic E-state index is 0.193. The van der Waals surface area contributed by atoms with E-state index in [0.29, 0.717) is 5.56 Å². The number of benzene rings is 1. The highest BCUT2D eigenvalue weighted by atomic mass is 19.1. The molecule has 1 rings (SSSR count). The maximum absolute atomic E-state index is 12.9. The van der Waals surface area contributed by atoms with E-state index in [0.717, 1.165) is 6.07 Å². The molecule has 0 saturated carbocycles. The van der Waals surface area contributed by atoms with Gasteiger partial charge in [0.1, 0.15) is 11.6 Å². The van der Waals surface area contributed by atoms with Crippen LogP contribution < -0.4 is 5.32 Å². The summed E-state index contributed by atoms with van der Waals surface area (Å²) in [4.78, 5) is 22.4. The Hall–Kier alpha value is -1.98. The van der Waals surface area contributed by atoms with Crippen LogP contribution in [0.15, 0.2) is 18.2 Å². The summed E-state index contributed by atoms with van der Waals surface area (Å²) in [7, 11) is 0. The number of carbonyl (C=O) groups excluding carboxylic acids is 1. The maximum atomic E-state index is 12.9. The van der Waals surface area contributed by atoms with E-state index >= 15 is 0 Å². The van der Waals surface area contributed by atoms with Gasteiger partial charge in [-0.25, -0.2) is 8.78 Å². The Bertz CT molecular complexity index is 485. The first-order valence-corrected chi connectivity index (χ1v) is 6.26. The minimum atomic E-state index is -1.04. The quantitative estimate of drug-likeness (QED) is 0.840. The van der Waals surface area contributed by atoms with Crippen LogP contribution in [0.25, 0.3) is 0 Å². The number of rotatable bonds is 6. The van der Waals surface area contributed by atoms with Gasteiger partial charge in [0.2, 0.25) is 5.91 Å². The fourth-order valence-corrected chi connectivity index (χ4v) is 1.69. The molecule has 1 aromatic rings. The molecule has 0 aliphatic carbocycles. The van der Waals surface area contributed by atoms with Crippen LogP contribution in [0, 0.1) is 23.5 Å². The van der Waals surface area contributed by atoms with Gasteiger partial charge in [-0.3, -0.25) is 9.59 Å². The van der Waals surface area contributed by atoms with Crippen LogP contribution in [0.5, 0.6) is 0 Å². The van der Waals surface area contributed by atoms with E-state index in [4.69, 9.17) is 5.11 Å². The van der Waals surface area contributed by atoms with Crippen molar-refractivity contribution in [3.05, 3.63) is 35.4 Å². The summed E-state index contributed by atoms with van der Waals surface area (Å²) in [6, 6.07) is 3.16. The molecule has 2 atom stereocenters. The Balaban J connectivity index is 2.47. The highest BCUT2D eigenvalue weighted by Crippen LogP contribution is 2.11. The number of carboxylic acid groups (broad SMARTS) is 1. The molecule has 0 radical (unpaired) electrons. The number of carbonyl (C=O) groups is 2. The lowest BCUT2D eigenvalue weighted by Crippen LogP contribution is -2.36. The summed E-state index contributed by atoms with van der Waals surface area (Å²) in [5.74, 6) is -4.23. The summed E-state index contributed by atoms with van der Waals surface area (Å²) in [5, 5.41) is 11.4. The average molecular weight is 285 g/mol. The standard InChI is InChI=1S/C14H17F2NO3/c1-8(9(2)14(19)20)13(18)17-4-3-10-5-11(15)7-12(16)6-10/h5-9H,3-4H2,1-2H3,(H,17,18)(H,19,20). The van der Waals surface area contributed by atoms with Crippen molar-refractivity contribution in [1.29, 1.82) is 0 Å². The Morgan fingerprint density at radius 2 is 1.70 bits per heavy atom. The average Bonchev–Trinajstić information content (AvgIpc) is 2.35. The van der Waals surface area contributed by atoms with Crippen molar-refractivity contribution in [3.8, 4) is 0 Å². The Morgan fingerprint density at radius 3 is 2.20 bits per heavy atom. The van der Waals surface area contributed by atoms with E-state index in [1.807, 2.05) is 0 Å². The number of halogens is 2. The highest BCUT2D eigenvalue weighted by Gasteiger charge is 2.25. The molecule has 0 bridgehead atoms. The van der Waals surface area contributed by atoms with Gasteiger partial charge in [-0.15, -0.1) is 0 Å². The van der Waals surface area contributed by atoms with Crippen molar-refractivity contribution in [2.24, 2.45) is 11.8 Å². The van der Waals surface area contributed by atoms with Crippen molar-refractivity contribution in [3.63, 3.8) is 0 Å². The van der Waals surface area contributed by atoms with Crippen LogP contribution in [0.2, 0.25) is 0 Å². The maximum Gasteiger partial charge on any atom is 0.307 e. The zero-order valence-corrected chi connectivity index (χ0v) is 11.3. The first-order chi connectivity index (χ1) is 9.31.